The first-order valence-corrected chi connectivity index (χ1v) is 5.72. The van der Waals surface area contributed by atoms with Crippen LogP contribution in [-0.2, 0) is 4.74 Å². The van der Waals surface area contributed by atoms with Crippen LogP contribution in [0.3, 0.4) is 0 Å². The predicted octanol–water partition coefficient (Wildman–Crippen LogP) is -0.896. The number of hydrogen-bond donors (Lipinski definition) is 3. The number of hydrogen-bond acceptors (Lipinski definition) is 6. The number of nitrogens with zero attached hydrogens (tertiary/aromatic N) is 2. The zero-order valence-corrected chi connectivity index (χ0v) is 10.1. The molecule has 2 heterocycles. The fraction of sp³-hybridized carbons (Fsp3) is 0.636. The number of nitrogen functional groups attached to an aromatic ring is 1. The summed E-state index contributed by atoms with van der Waals surface area (Å²) in [5.74, 6) is 0.151. The Bertz CT molecular complexity index is 489. The maximum Gasteiger partial charge on any atom is 0.351 e. The van der Waals surface area contributed by atoms with Gasteiger partial charge in [0.1, 0.15) is 12.0 Å². The van der Waals surface area contributed by atoms with E-state index in [9.17, 15) is 15.0 Å². The molecule has 100 valence electrons. The van der Waals surface area contributed by atoms with Crippen molar-refractivity contribution in [2.45, 2.75) is 25.7 Å². The van der Waals surface area contributed by atoms with Crippen LogP contribution in [0.25, 0.3) is 0 Å². The van der Waals surface area contributed by atoms with Crippen LogP contribution in [0.1, 0.15) is 19.6 Å². The lowest BCUT2D eigenvalue weighted by Crippen LogP contribution is -2.34. The van der Waals surface area contributed by atoms with Crippen molar-refractivity contribution in [1.29, 1.82) is 0 Å². The molecule has 7 heteroatoms. The Balaban J connectivity index is 2.29. The van der Waals surface area contributed by atoms with E-state index in [-0.39, 0.29) is 19.0 Å². The maximum atomic E-state index is 11.7. The van der Waals surface area contributed by atoms with Crippen LogP contribution in [0, 0.1) is 5.41 Å². The summed E-state index contributed by atoms with van der Waals surface area (Å²) in [5.41, 5.74) is 4.34. The number of nitrogens with two attached hydrogens (primary N) is 1. The van der Waals surface area contributed by atoms with Gasteiger partial charge in [-0.15, -0.1) is 0 Å². The van der Waals surface area contributed by atoms with E-state index >= 15 is 0 Å². The van der Waals surface area contributed by atoms with Gasteiger partial charge in [0.25, 0.3) is 0 Å². The molecule has 1 fully saturated rings. The van der Waals surface area contributed by atoms with Crippen molar-refractivity contribution in [3.05, 3.63) is 22.7 Å². The van der Waals surface area contributed by atoms with Crippen LogP contribution >= 0.6 is 0 Å². The molecule has 0 spiro atoms. The highest BCUT2D eigenvalue weighted by Crippen LogP contribution is 2.42. The molecular formula is C11H17N3O4. The second-order valence-corrected chi connectivity index (χ2v) is 4.82. The van der Waals surface area contributed by atoms with E-state index in [0.717, 1.165) is 0 Å². The van der Waals surface area contributed by atoms with E-state index in [1.165, 1.54) is 16.8 Å². The van der Waals surface area contributed by atoms with E-state index < -0.39 is 23.4 Å². The van der Waals surface area contributed by atoms with E-state index in [1.807, 2.05) is 6.92 Å². The number of rotatable bonds is 3. The van der Waals surface area contributed by atoms with Gasteiger partial charge in [-0.2, -0.15) is 4.98 Å². The van der Waals surface area contributed by atoms with E-state index in [0.29, 0.717) is 6.42 Å². The van der Waals surface area contributed by atoms with Gasteiger partial charge in [0.05, 0.1) is 19.3 Å². The van der Waals surface area contributed by atoms with Crippen LogP contribution < -0.4 is 11.4 Å². The fourth-order valence-electron chi connectivity index (χ4n) is 2.17. The van der Waals surface area contributed by atoms with Gasteiger partial charge in [-0.1, -0.05) is 6.92 Å². The number of aliphatic hydroxyl groups is 2. The molecule has 7 nitrogen and oxygen atoms in total. The van der Waals surface area contributed by atoms with Crippen molar-refractivity contribution in [3.63, 3.8) is 0 Å². The van der Waals surface area contributed by atoms with Crippen molar-refractivity contribution < 1.29 is 14.9 Å². The molecule has 0 aromatic carbocycles. The topological polar surface area (TPSA) is 111 Å². The SMILES string of the molecule is CC1(CO)CC(n2ccc(N)nc2=O)O[C@@H]1CO. The highest BCUT2D eigenvalue weighted by atomic mass is 16.5. The number of ether oxygens (including phenoxy) is 1. The summed E-state index contributed by atoms with van der Waals surface area (Å²) in [6, 6.07) is 1.51. The maximum absolute atomic E-state index is 11.7. The third-order valence-electron chi connectivity index (χ3n) is 3.43. The van der Waals surface area contributed by atoms with E-state index in [1.54, 1.807) is 0 Å². The number of anilines is 1. The lowest BCUT2D eigenvalue weighted by molar-refractivity contribution is -0.0541. The van der Waals surface area contributed by atoms with Gasteiger partial charge in [-0.05, 0) is 6.07 Å². The van der Waals surface area contributed by atoms with Crippen LogP contribution in [0.4, 0.5) is 5.82 Å². The fourth-order valence-corrected chi connectivity index (χ4v) is 2.17. The minimum absolute atomic E-state index is 0.119. The van der Waals surface area contributed by atoms with Gasteiger partial charge >= 0.3 is 5.69 Å². The van der Waals surface area contributed by atoms with Crippen molar-refractivity contribution in [2.24, 2.45) is 5.41 Å². The molecule has 2 rings (SSSR count). The van der Waals surface area contributed by atoms with Gasteiger partial charge in [0.2, 0.25) is 0 Å². The van der Waals surface area contributed by atoms with Crippen LogP contribution in [-0.4, -0.2) is 39.1 Å². The minimum Gasteiger partial charge on any atom is -0.396 e. The van der Waals surface area contributed by atoms with Crippen LogP contribution in [0.15, 0.2) is 17.1 Å². The summed E-state index contributed by atoms with van der Waals surface area (Å²) < 4.78 is 6.92. The average molecular weight is 255 g/mol. The first kappa shape index (κ1) is 13.0. The Morgan fingerprint density at radius 3 is 2.89 bits per heavy atom. The second kappa shape index (κ2) is 4.68. The largest absolute Gasteiger partial charge is 0.396 e. The Hall–Kier alpha value is -1.44. The van der Waals surface area contributed by atoms with E-state index in [4.69, 9.17) is 10.5 Å². The molecule has 0 amide bonds. The van der Waals surface area contributed by atoms with Gasteiger partial charge in [-0.25, -0.2) is 4.79 Å². The first-order valence-electron chi connectivity index (χ1n) is 5.72. The summed E-state index contributed by atoms with van der Waals surface area (Å²) in [6.07, 6.45) is 0.893. The molecule has 0 bridgehead atoms. The lowest BCUT2D eigenvalue weighted by atomic mass is 9.84. The zero-order valence-electron chi connectivity index (χ0n) is 10.1. The summed E-state index contributed by atoms with van der Waals surface area (Å²) in [7, 11) is 0. The van der Waals surface area contributed by atoms with Gasteiger partial charge < -0.3 is 20.7 Å². The predicted molar refractivity (Wildman–Crippen MR) is 63.7 cm³/mol. The zero-order chi connectivity index (χ0) is 13.3. The monoisotopic (exact) mass is 255 g/mol. The average Bonchev–Trinajstić information content (AvgIpc) is 2.67. The van der Waals surface area contributed by atoms with Gasteiger partial charge in [0, 0.05) is 18.0 Å². The third kappa shape index (κ3) is 2.12. The van der Waals surface area contributed by atoms with Crippen molar-refractivity contribution in [2.75, 3.05) is 18.9 Å². The van der Waals surface area contributed by atoms with Crippen LogP contribution in [0.5, 0.6) is 0 Å². The Morgan fingerprint density at radius 1 is 1.67 bits per heavy atom. The highest BCUT2D eigenvalue weighted by molar-refractivity contribution is 5.23. The second-order valence-electron chi connectivity index (χ2n) is 4.82. The highest BCUT2D eigenvalue weighted by Gasteiger charge is 2.45. The number of aromatic nitrogens is 2. The molecule has 1 aromatic rings. The molecular weight excluding hydrogens is 238 g/mol. The van der Waals surface area contributed by atoms with Crippen molar-refractivity contribution in [1.82, 2.24) is 9.55 Å². The van der Waals surface area contributed by atoms with Crippen LogP contribution in [0.2, 0.25) is 0 Å². The van der Waals surface area contributed by atoms with Gasteiger partial charge in [-0.3, -0.25) is 4.57 Å². The quantitative estimate of drug-likeness (QED) is 0.646. The summed E-state index contributed by atoms with van der Waals surface area (Å²) >= 11 is 0. The molecule has 1 aliphatic heterocycles. The number of aliphatic hydroxyl groups excluding tert-OH is 2. The molecule has 1 saturated heterocycles. The summed E-state index contributed by atoms with van der Waals surface area (Å²) in [5, 5.41) is 18.6. The third-order valence-corrected chi connectivity index (χ3v) is 3.43. The molecule has 3 atom stereocenters. The molecule has 1 aromatic heterocycles. The molecule has 18 heavy (non-hydrogen) atoms. The van der Waals surface area contributed by atoms with Crippen molar-refractivity contribution >= 4 is 5.82 Å². The summed E-state index contributed by atoms with van der Waals surface area (Å²) in [6.45, 7) is 1.49. The standard InChI is InChI=1S/C11H17N3O4/c1-11(6-16)4-9(18-7(11)5-15)14-3-2-8(12)13-10(14)17/h2-3,7,9,15-16H,4-6H2,1H3,(H2,12,13,17)/t7-,9?,11?/m1/s1. The summed E-state index contributed by atoms with van der Waals surface area (Å²) in [4.78, 5) is 15.3. The van der Waals surface area contributed by atoms with Gasteiger partial charge in [0.15, 0.2) is 0 Å². The van der Waals surface area contributed by atoms with E-state index in [2.05, 4.69) is 4.98 Å². The first-order chi connectivity index (χ1) is 8.50. The minimum atomic E-state index is -0.569. The smallest absolute Gasteiger partial charge is 0.351 e. The molecule has 0 aliphatic carbocycles. The Kier molecular flexibility index (Phi) is 3.38. The molecule has 2 unspecified atom stereocenters. The molecule has 1 aliphatic rings. The normalized spacial score (nSPS) is 31.7. The molecule has 0 saturated carbocycles. The molecule has 0 radical (unpaired) electrons. The molecule has 4 N–H and O–H groups in total. The Labute approximate surface area is 104 Å². The lowest BCUT2D eigenvalue weighted by Gasteiger charge is -2.25. The van der Waals surface area contributed by atoms with Crippen molar-refractivity contribution in [3.8, 4) is 0 Å². The Morgan fingerprint density at radius 2 is 2.39 bits per heavy atom.